The van der Waals surface area contributed by atoms with E-state index in [0.29, 0.717) is 5.92 Å². The Bertz CT molecular complexity index is 452. The van der Waals surface area contributed by atoms with Crippen LogP contribution in [-0.2, 0) is 0 Å². The van der Waals surface area contributed by atoms with Crippen LogP contribution in [0.1, 0.15) is 44.1 Å². The first kappa shape index (κ1) is 13.8. The molecule has 2 unspecified atom stereocenters. The summed E-state index contributed by atoms with van der Waals surface area (Å²) in [6, 6.07) is 6.44. The van der Waals surface area contributed by atoms with Gasteiger partial charge in [-0.3, -0.25) is 0 Å². The Kier molecular flexibility index (Phi) is 3.43. The maximum absolute atomic E-state index is 12.1. The van der Waals surface area contributed by atoms with Crippen molar-refractivity contribution in [3.05, 3.63) is 29.8 Å². The highest BCUT2D eigenvalue weighted by atomic mass is 19.4. The van der Waals surface area contributed by atoms with E-state index in [4.69, 9.17) is 0 Å². The Hall–Kier alpha value is -1.19. The Morgan fingerprint density at radius 1 is 0.950 bits per heavy atom. The van der Waals surface area contributed by atoms with E-state index in [1.165, 1.54) is 37.8 Å². The Morgan fingerprint density at radius 2 is 1.50 bits per heavy atom. The van der Waals surface area contributed by atoms with Gasteiger partial charge in [-0.2, -0.15) is 0 Å². The number of halogens is 3. The van der Waals surface area contributed by atoms with Crippen LogP contribution >= 0.6 is 0 Å². The molecule has 4 heteroatoms. The molecular formula is C16H19F3O. The maximum atomic E-state index is 12.1. The van der Waals surface area contributed by atoms with Gasteiger partial charge in [-0.1, -0.05) is 19.1 Å². The molecular weight excluding hydrogens is 265 g/mol. The number of alkyl halides is 3. The van der Waals surface area contributed by atoms with Crippen LogP contribution in [0.15, 0.2) is 24.3 Å². The Balaban J connectivity index is 1.64. The van der Waals surface area contributed by atoms with E-state index in [0.717, 1.165) is 23.3 Å². The average Bonchev–Trinajstić information content (AvgIpc) is 2.84. The molecule has 0 heterocycles. The van der Waals surface area contributed by atoms with Crippen molar-refractivity contribution in [3.8, 4) is 5.75 Å². The first-order valence-corrected chi connectivity index (χ1v) is 7.26. The van der Waals surface area contributed by atoms with Crippen molar-refractivity contribution in [1.29, 1.82) is 0 Å². The fraction of sp³-hybridized carbons (Fsp3) is 0.625. The van der Waals surface area contributed by atoms with Crippen LogP contribution in [0.2, 0.25) is 0 Å². The van der Waals surface area contributed by atoms with Gasteiger partial charge in [-0.15, -0.1) is 13.2 Å². The first-order valence-electron chi connectivity index (χ1n) is 7.26. The molecule has 20 heavy (non-hydrogen) atoms. The van der Waals surface area contributed by atoms with Gasteiger partial charge in [-0.25, -0.2) is 0 Å². The Labute approximate surface area is 117 Å². The second-order valence-electron chi connectivity index (χ2n) is 6.38. The van der Waals surface area contributed by atoms with Crippen LogP contribution in [0.3, 0.4) is 0 Å². The lowest BCUT2D eigenvalue weighted by Crippen LogP contribution is -2.17. The molecule has 0 saturated heterocycles. The molecule has 0 radical (unpaired) electrons. The van der Waals surface area contributed by atoms with Gasteiger partial charge in [-0.05, 0) is 67.1 Å². The molecule has 1 nitrogen and oxygen atoms in total. The van der Waals surface area contributed by atoms with Crippen LogP contribution < -0.4 is 4.74 Å². The number of ether oxygens (including phenoxy) is 1. The summed E-state index contributed by atoms with van der Waals surface area (Å²) in [5.41, 5.74) is 1.15. The normalized spacial score (nSPS) is 33.2. The van der Waals surface area contributed by atoms with E-state index in [2.05, 4.69) is 11.7 Å². The number of hydrogen-bond donors (Lipinski definition) is 0. The standard InChI is InChI=1S/C16H19F3O/c1-10-6-12-8-14(9-13(12)7-10)11-2-4-15(5-3-11)20-16(17,18)19/h2-5,10,12-14H,6-9H2,1H3/t10?,12-,13+,14?. The fourth-order valence-electron chi connectivity index (χ4n) is 4.13. The monoisotopic (exact) mass is 284 g/mol. The number of hydrogen-bond acceptors (Lipinski definition) is 1. The second kappa shape index (κ2) is 4.97. The van der Waals surface area contributed by atoms with Gasteiger partial charge in [0.15, 0.2) is 0 Å². The van der Waals surface area contributed by atoms with Crippen molar-refractivity contribution in [2.75, 3.05) is 0 Å². The summed E-state index contributed by atoms with van der Waals surface area (Å²) in [6.07, 6.45) is 0.401. The zero-order valence-electron chi connectivity index (χ0n) is 11.5. The predicted molar refractivity (Wildman–Crippen MR) is 70.5 cm³/mol. The van der Waals surface area contributed by atoms with E-state index >= 15 is 0 Å². The number of rotatable bonds is 2. The summed E-state index contributed by atoms with van der Waals surface area (Å²) in [5.74, 6) is 2.86. The van der Waals surface area contributed by atoms with Crippen molar-refractivity contribution < 1.29 is 17.9 Å². The van der Waals surface area contributed by atoms with Crippen molar-refractivity contribution in [2.45, 2.75) is 44.9 Å². The fourth-order valence-corrected chi connectivity index (χ4v) is 4.13. The largest absolute Gasteiger partial charge is 0.573 e. The lowest BCUT2D eigenvalue weighted by Gasteiger charge is -2.14. The molecule has 2 aliphatic carbocycles. The third kappa shape index (κ3) is 2.94. The average molecular weight is 284 g/mol. The molecule has 2 fully saturated rings. The third-order valence-electron chi connectivity index (χ3n) is 4.84. The van der Waals surface area contributed by atoms with Crippen molar-refractivity contribution >= 4 is 0 Å². The van der Waals surface area contributed by atoms with Gasteiger partial charge in [0.05, 0.1) is 0 Å². The SMILES string of the molecule is CC1C[C@@H]2CC(c3ccc(OC(F)(F)F)cc3)C[C@@H]2C1. The van der Waals surface area contributed by atoms with E-state index in [9.17, 15) is 13.2 Å². The number of benzene rings is 1. The summed E-state index contributed by atoms with van der Waals surface area (Å²) < 4.78 is 40.2. The molecule has 110 valence electrons. The van der Waals surface area contributed by atoms with Crippen molar-refractivity contribution in [3.63, 3.8) is 0 Å². The summed E-state index contributed by atoms with van der Waals surface area (Å²) in [7, 11) is 0. The zero-order chi connectivity index (χ0) is 14.3. The van der Waals surface area contributed by atoms with Crippen LogP contribution in [0.4, 0.5) is 13.2 Å². The zero-order valence-corrected chi connectivity index (χ0v) is 11.5. The molecule has 0 N–H and O–H groups in total. The summed E-state index contributed by atoms with van der Waals surface area (Å²) in [5, 5.41) is 0. The second-order valence-corrected chi connectivity index (χ2v) is 6.38. The van der Waals surface area contributed by atoms with Crippen LogP contribution in [0.25, 0.3) is 0 Å². The highest BCUT2D eigenvalue weighted by molar-refractivity contribution is 5.30. The molecule has 1 aromatic rings. The first-order chi connectivity index (χ1) is 9.40. The molecule has 0 amide bonds. The molecule has 2 saturated carbocycles. The highest BCUT2D eigenvalue weighted by Crippen LogP contribution is 2.52. The van der Waals surface area contributed by atoms with Gasteiger partial charge in [0, 0.05) is 0 Å². The minimum absolute atomic E-state index is 0.131. The van der Waals surface area contributed by atoms with Crippen molar-refractivity contribution in [1.82, 2.24) is 0 Å². The van der Waals surface area contributed by atoms with E-state index < -0.39 is 6.36 Å². The van der Waals surface area contributed by atoms with Gasteiger partial charge in [0.1, 0.15) is 5.75 Å². The van der Waals surface area contributed by atoms with Crippen LogP contribution in [0, 0.1) is 17.8 Å². The lowest BCUT2D eigenvalue weighted by atomic mass is 9.93. The van der Waals surface area contributed by atoms with E-state index in [-0.39, 0.29) is 5.75 Å². The Morgan fingerprint density at radius 3 is 2.00 bits per heavy atom. The van der Waals surface area contributed by atoms with E-state index in [1.54, 1.807) is 12.1 Å². The molecule has 3 rings (SSSR count). The summed E-state index contributed by atoms with van der Waals surface area (Å²) in [6.45, 7) is 2.32. The van der Waals surface area contributed by atoms with Gasteiger partial charge in [0.2, 0.25) is 0 Å². The molecule has 0 spiro atoms. The van der Waals surface area contributed by atoms with Crippen LogP contribution in [0.5, 0.6) is 5.75 Å². The smallest absolute Gasteiger partial charge is 0.406 e. The molecule has 2 aliphatic rings. The number of fused-ring (bicyclic) bond motifs is 1. The molecule has 1 aromatic carbocycles. The molecule has 0 bridgehead atoms. The summed E-state index contributed by atoms with van der Waals surface area (Å²) >= 11 is 0. The summed E-state index contributed by atoms with van der Waals surface area (Å²) in [4.78, 5) is 0. The third-order valence-corrected chi connectivity index (χ3v) is 4.84. The van der Waals surface area contributed by atoms with Crippen LogP contribution in [-0.4, -0.2) is 6.36 Å². The van der Waals surface area contributed by atoms with Gasteiger partial charge in [0.25, 0.3) is 0 Å². The quantitative estimate of drug-likeness (QED) is 0.732. The molecule has 0 aliphatic heterocycles. The lowest BCUT2D eigenvalue weighted by molar-refractivity contribution is -0.274. The molecule has 0 aromatic heterocycles. The predicted octanol–water partition coefficient (Wildman–Crippen LogP) is 5.12. The van der Waals surface area contributed by atoms with E-state index in [1.807, 2.05) is 0 Å². The minimum Gasteiger partial charge on any atom is -0.406 e. The van der Waals surface area contributed by atoms with Gasteiger partial charge < -0.3 is 4.74 Å². The highest BCUT2D eigenvalue weighted by Gasteiger charge is 2.40. The minimum atomic E-state index is -4.61. The van der Waals surface area contributed by atoms with Crippen molar-refractivity contribution in [2.24, 2.45) is 17.8 Å². The molecule has 4 atom stereocenters. The maximum Gasteiger partial charge on any atom is 0.573 e. The van der Waals surface area contributed by atoms with Gasteiger partial charge >= 0.3 is 6.36 Å². The topological polar surface area (TPSA) is 9.23 Å².